The van der Waals surface area contributed by atoms with Crippen molar-refractivity contribution in [3.05, 3.63) is 45.4 Å². The van der Waals surface area contributed by atoms with Crippen LogP contribution in [-0.2, 0) is 4.74 Å². The first-order chi connectivity index (χ1) is 8.61. The Morgan fingerprint density at radius 1 is 1.39 bits per heavy atom. The lowest BCUT2D eigenvalue weighted by Gasteiger charge is -2.05. The number of nitrogens with one attached hydrogen (secondary N) is 1. The molecule has 0 saturated heterocycles. The minimum Gasteiger partial charge on any atom is -0.461 e. The summed E-state index contributed by atoms with van der Waals surface area (Å²) in [5.41, 5.74) is 1.23. The highest BCUT2D eigenvalue weighted by Crippen LogP contribution is 2.15. The number of hydrogen-bond donors (Lipinski definition) is 1. The van der Waals surface area contributed by atoms with E-state index in [1.165, 1.54) is 6.07 Å². The van der Waals surface area contributed by atoms with Crippen molar-refractivity contribution in [2.24, 2.45) is 5.92 Å². The van der Waals surface area contributed by atoms with Crippen LogP contribution in [0, 0.1) is 5.92 Å². The van der Waals surface area contributed by atoms with Crippen LogP contribution in [-0.4, -0.2) is 17.6 Å². The monoisotopic (exact) mass is 245 g/mol. The summed E-state index contributed by atoms with van der Waals surface area (Å²) >= 11 is 0. The molecule has 94 valence electrons. The van der Waals surface area contributed by atoms with Gasteiger partial charge in [-0.15, -0.1) is 0 Å². The van der Waals surface area contributed by atoms with E-state index in [0.29, 0.717) is 11.3 Å². The normalized spacial score (nSPS) is 17.1. The van der Waals surface area contributed by atoms with Gasteiger partial charge in [-0.2, -0.15) is 0 Å². The molecule has 1 atom stereocenters. The maximum Gasteiger partial charge on any atom is 0.354 e. The third kappa shape index (κ3) is 2.42. The second-order valence-corrected chi connectivity index (χ2v) is 4.17. The SMILES string of the molecule is CCOC(=O)c1cc(=O)c2c([nH]1)C=CC(C)C=C2. The van der Waals surface area contributed by atoms with Gasteiger partial charge in [-0.3, -0.25) is 4.79 Å². The Balaban J connectivity index is 2.50. The third-order valence-electron chi connectivity index (χ3n) is 2.73. The molecular weight excluding hydrogens is 230 g/mol. The van der Waals surface area contributed by atoms with Crippen LogP contribution < -0.4 is 5.43 Å². The van der Waals surface area contributed by atoms with Gasteiger partial charge in [0.2, 0.25) is 0 Å². The van der Waals surface area contributed by atoms with Crippen LogP contribution in [0.2, 0.25) is 0 Å². The van der Waals surface area contributed by atoms with Gasteiger partial charge in [-0.1, -0.05) is 25.2 Å². The molecule has 1 heterocycles. The number of H-pyrrole nitrogens is 1. The second kappa shape index (κ2) is 5.04. The third-order valence-corrected chi connectivity index (χ3v) is 2.73. The number of aromatic amines is 1. The average Bonchev–Trinajstić information content (AvgIpc) is 2.52. The summed E-state index contributed by atoms with van der Waals surface area (Å²) in [6.07, 6.45) is 7.52. The number of pyridine rings is 1. The summed E-state index contributed by atoms with van der Waals surface area (Å²) in [5.74, 6) is -0.247. The average molecular weight is 245 g/mol. The lowest BCUT2D eigenvalue weighted by Crippen LogP contribution is -2.15. The molecule has 1 aromatic rings. The Labute approximate surface area is 105 Å². The Kier molecular flexibility index (Phi) is 3.46. The quantitative estimate of drug-likeness (QED) is 0.813. The number of carbonyl (C=O) groups is 1. The molecule has 1 aromatic heterocycles. The van der Waals surface area contributed by atoms with Gasteiger partial charge in [0.15, 0.2) is 5.43 Å². The second-order valence-electron chi connectivity index (χ2n) is 4.17. The van der Waals surface area contributed by atoms with Crippen molar-refractivity contribution >= 4 is 18.1 Å². The molecule has 1 aliphatic rings. The number of hydrogen-bond acceptors (Lipinski definition) is 3. The maximum absolute atomic E-state index is 11.9. The molecule has 1 unspecified atom stereocenters. The topological polar surface area (TPSA) is 59.2 Å². The fourth-order valence-corrected chi connectivity index (χ4v) is 1.77. The Morgan fingerprint density at radius 2 is 2.11 bits per heavy atom. The zero-order valence-corrected chi connectivity index (χ0v) is 10.4. The fraction of sp³-hybridized carbons (Fsp3) is 0.286. The summed E-state index contributed by atoms with van der Waals surface area (Å²) in [6, 6.07) is 1.28. The molecule has 0 amide bonds. The maximum atomic E-state index is 11.9. The van der Waals surface area contributed by atoms with E-state index in [0.717, 1.165) is 0 Å². The Bertz CT molecular complexity index is 581. The first-order valence-electron chi connectivity index (χ1n) is 5.92. The fourth-order valence-electron chi connectivity index (χ4n) is 1.77. The van der Waals surface area contributed by atoms with E-state index < -0.39 is 5.97 Å². The van der Waals surface area contributed by atoms with Crippen molar-refractivity contribution in [3.63, 3.8) is 0 Å². The van der Waals surface area contributed by atoms with E-state index in [2.05, 4.69) is 4.98 Å². The molecule has 4 nitrogen and oxygen atoms in total. The van der Waals surface area contributed by atoms with Crippen molar-refractivity contribution < 1.29 is 9.53 Å². The number of allylic oxidation sites excluding steroid dienone is 2. The first kappa shape index (κ1) is 12.4. The molecule has 4 heteroatoms. The summed E-state index contributed by atoms with van der Waals surface area (Å²) in [5, 5.41) is 0. The van der Waals surface area contributed by atoms with Gasteiger partial charge in [0.25, 0.3) is 0 Å². The van der Waals surface area contributed by atoms with Crippen molar-refractivity contribution in [1.29, 1.82) is 0 Å². The molecule has 18 heavy (non-hydrogen) atoms. The van der Waals surface area contributed by atoms with Gasteiger partial charge in [-0.05, 0) is 18.9 Å². The molecule has 0 aliphatic heterocycles. The standard InChI is InChI=1S/C14H15NO3/c1-3-18-14(17)12-8-13(16)10-6-4-9(2)5-7-11(10)15-12/h4-9H,3H2,1-2H3,(H,15,16). The largest absolute Gasteiger partial charge is 0.461 e. The molecule has 0 radical (unpaired) electrons. The molecule has 1 N–H and O–H groups in total. The number of fused-ring (bicyclic) bond motifs is 1. The molecule has 0 fully saturated rings. The van der Waals surface area contributed by atoms with E-state index >= 15 is 0 Å². The highest BCUT2D eigenvalue weighted by atomic mass is 16.5. The minimum atomic E-state index is -0.507. The predicted molar refractivity (Wildman–Crippen MR) is 70.3 cm³/mol. The van der Waals surface area contributed by atoms with Crippen LogP contribution in [0.4, 0.5) is 0 Å². The van der Waals surface area contributed by atoms with Crippen molar-refractivity contribution in [2.75, 3.05) is 6.61 Å². The number of carbonyl (C=O) groups excluding carboxylic acids is 1. The highest BCUT2D eigenvalue weighted by molar-refractivity contribution is 5.88. The van der Waals surface area contributed by atoms with E-state index in [-0.39, 0.29) is 23.6 Å². The first-order valence-corrected chi connectivity index (χ1v) is 5.92. The molecule has 0 saturated carbocycles. The Morgan fingerprint density at radius 3 is 2.83 bits per heavy atom. The van der Waals surface area contributed by atoms with Crippen molar-refractivity contribution in [1.82, 2.24) is 4.98 Å². The summed E-state index contributed by atoms with van der Waals surface area (Å²) < 4.78 is 4.88. The number of rotatable bonds is 2. The highest BCUT2D eigenvalue weighted by Gasteiger charge is 2.13. The van der Waals surface area contributed by atoms with Crippen LogP contribution in [0.15, 0.2) is 23.0 Å². The summed E-state index contributed by atoms with van der Waals surface area (Å²) in [7, 11) is 0. The van der Waals surface area contributed by atoms with Crippen LogP contribution >= 0.6 is 0 Å². The summed E-state index contributed by atoms with van der Waals surface area (Å²) in [6.45, 7) is 4.03. The number of esters is 1. The van der Waals surface area contributed by atoms with Gasteiger partial charge >= 0.3 is 5.97 Å². The minimum absolute atomic E-state index is 0.179. The van der Waals surface area contributed by atoms with Crippen LogP contribution in [0.25, 0.3) is 12.2 Å². The Hall–Kier alpha value is -2.10. The smallest absolute Gasteiger partial charge is 0.354 e. The van der Waals surface area contributed by atoms with Gasteiger partial charge in [0, 0.05) is 17.3 Å². The van der Waals surface area contributed by atoms with Gasteiger partial charge in [-0.25, -0.2) is 4.79 Å². The van der Waals surface area contributed by atoms with Crippen LogP contribution in [0.5, 0.6) is 0 Å². The van der Waals surface area contributed by atoms with E-state index in [9.17, 15) is 9.59 Å². The van der Waals surface area contributed by atoms with Crippen molar-refractivity contribution in [2.45, 2.75) is 13.8 Å². The van der Waals surface area contributed by atoms with Gasteiger partial charge in [0.05, 0.1) is 6.61 Å². The lowest BCUT2D eigenvalue weighted by atomic mass is 10.1. The van der Waals surface area contributed by atoms with Crippen LogP contribution in [0.1, 0.15) is 35.6 Å². The number of ether oxygens (including phenoxy) is 1. The van der Waals surface area contributed by atoms with Crippen molar-refractivity contribution in [3.8, 4) is 0 Å². The van der Waals surface area contributed by atoms with E-state index in [1.807, 2.05) is 25.2 Å². The van der Waals surface area contributed by atoms with Gasteiger partial charge in [0.1, 0.15) is 5.69 Å². The molecule has 0 bridgehead atoms. The zero-order chi connectivity index (χ0) is 13.1. The molecule has 1 aliphatic carbocycles. The van der Waals surface area contributed by atoms with E-state index in [1.54, 1.807) is 13.0 Å². The molecule has 0 aromatic carbocycles. The molecule has 0 spiro atoms. The lowest BCUT2D eigenvalue weighted by molar-refractivity contribution is 0.0519. The van der Waals surface area contributed by atoms with Gasteiger partial charge < -0.3 is 9.72 Å². The number of aromatic nitrogens is 1. The molecule has 2 rings (SSSR count). The zero-order valence-electron chi connectivity index (χ0n) is 10.4. The summed E-state index contributed by atoms with van der Waals surface area (Å²) in [4.78, 5) is 26.5. The molecular formula is C14H15NO3. The van der Waals surface area contributed by atoms with E-state index in [4.69, 9.17) is 4.74 Å². The predicted octanol–water partition coefficient (Wildman–Crippen LogP) is 2.23. The van der Waals surface area contributed by atoms with Crippen LogP contribution in [0.3, 0.4) is 0 Å².